The van der Waals surface area contributed by atoms with E-state index in [0.29, 0.717) is 18.0 Å². The predicted molar refractivity (Wildman–Crippen MR) is 56.2 cm³/mol. The molecule has 80 valence electrons. The van der Waals surface area contributed by atoms with E-state index in [9.17, 15) is 4.79 Å². The van der Waals surface area contributed by atoms with Gasteiger partial charge in [0, 0.05) is 12.6 Å². The zero-order valence-corrected chi connectivity index (χ0v) is 8.99. The first kappa shape index (κ1) is 11.2. The first-order valence-corrected chi connectivity index (χ1v) is 5.06. The molecule has 1 aliphatic carbocycles. The molecule has 0 aromatic rings. The van der Waals surface area contributed by atoms with Crippen molar-refractivity contribution < 1.29 is 9.90 Å². The maximum Gasteiger partial charge on any atom is 0.317 e. The van der Waals surface area contributed by atoms with Crippen LogP contribution in [0, 0.1) is 5.41 Å². The topological polar surface area (TPSA) is 40.5 Å². The molecule has 1 saturated carbocycles. The van der Waals surface area contributed by atoms with Gasteiger partial charge in [-0.15, -0.1) is 6.58 Å². The van der Waals surface area contributed by atoms with E-state index in [4.69, 9.17) is 5.11 Å². The van der Waals surface area contributed by atoms with E-state index >= 15 is 0 Å². The SMILES string of the molecule is C=CCN(CC(=O)O)C(C)C1(C)CC1. The van der Waals surface area contributed by atoms with Crippen LogP contribution in [0.2, 0.25) is 0 Å². The van der Waals surface area contributed by atoms with Gasteiger partial charge in [-0.05, 0) is 25.2 Å². The summed E-state index contributed by atoms with van der Waals surface area (Å²) in [4.78, 5) is 12.6. The summed E-state index contributed by atoms with van der Waals surface area (Å²) < 4.78 is 0. The zero-order valence-electron chi connectivity index (χ0n) is 8.99. The Hall–Kier alpha value is -0.830. The minimum absolute atomic E-state index is 0.114. The molecule has 1 fully saturated rings. The molecule has 1 rings (SSSR count). The molecule has 0 amide bonds. The largest absolute Gasteiger partial charge is 0.480 e. The van der Waals surface area contributed by atoms with Gasteiger partial charge in [0.2, 0.25) is 0 Å². The van der Waals surface area contributed by atoms with E-state index in [-0.39, 0.29) is 6.54 Å². The van der Waals surface area contributed by atoms with Gasteiger partial charge < -0.3 is 5.11 Å². The standard InChI is InChI=1S/C11H19NO2/c1-4-7-12(8-10(13)14)9(2)11(3)5-6-11/h4,9H,1,5-8H2,2-3H3,(H,13,14). The van der Waals surface area contributed by atoms with Crippen molar-refractivity contribution in [3.05, 3.63) is 12.7 Å². The number of rotatable bonds is 6. The van der Waals surface area contributed by atoms with Crippen LogP contribution in [0.3, 0.4) is 0 Å². The molecule has 1 unspecified atom stereocenters. The second kappa shape index (κ2) is 4.13. The number of aliphatic carboxylic acids is 1. The van der Waals surface area contributed by atoms with Gasteiger partial charge in [-0.25, -0.2) is 0 Å². The Morgan fingerprint density at radius 2 is 2.29 bits per heavy atom. The van der Waals surface area contributed by atoms with E-state index in [1.807, 2.05) is 4.90 Å². The van der Waals surface area contributed by atoms with Crippen LogP contribution in [-0.2, 0) is 4.79 Å². The summed E-state index contributed by atoms with van der Waals surface area (Å²) in [6.45, 7) is 8.76. The van der Waals surface area contributed by atoms with Crippen molar-refractivity contribution in [2.24, 2.45) is 5.41 Å². The number of hydrogen-bond donors (Lipinski definition) is 1. The highest BCUT2D eigenvalue weighted by Crippen LogP contribution is 2.49. The highest BCUT2D eigenvalue weighted by atomic mass is 16.4. The van der Waals surface area contributed by atoms with Gasteiger partial charge in [-0.2, -0.15) is 0 Å². The summed E-state index contributed by atoms with van der Waals surface area (Å²) >= 11 is 0. The molecule has 14 heavy (non-hydrogen) atoms. The smallest absolute Gasteiger partial charge is 0.317 e. The normalized spacial score (nSPS) is 20.5. The van der Waals surface area contributed by atoms with Crippen LogP contribution in [0.4, 0.5) is 0 Å². The summed E-state index contributed by atoms with van der Waals surface area (Å²) in [5.41, 5.74) is 0.332. The maximum absolute atomic E-state index is 10.7. The van der Waals surface area contributed by atoms with Gasteiger partial charge in [-0.3, -0.25) is 9.69 Å². The van der Waals surface area contributed by atoms with Gasteiger partial charge >= 0.3 is 5.97 Å². The van der Waals surface area contributed by atoms with E-state index < -0.39 is 5.97 Å². The molecular formula is C11H19NO2. The molecule has 0 spiro atoms. The lowest BCUT2D eigenvalue weighted by molar-refractivity contribution is -0.139. The second-order valence-electron chi connectivity index (χ2n) is 4.44. The molecule has 0 bridgehead atoms. The Bertz CT molecular complexity index is 233. The quantitative estimate of drug-likeness (QED) is 0.659. The molecular weight excluding hydrogens is 178 g/mol. The molecule has 0 heterocycles. The Morgan fingerprint density at radius 1 is 1.71 bits per heavy atom. The molecule has 0 radical (unpaired) electrons. The predicted octanol–water partition coefficient (Wildman–Crippen LogP) is 1.75. The van der Waals surface area contributed by atoms with E-state index in [1.54, 1.807) is 6.08 Å². The molecule has 1 N–H and O–H groups in total. The Balaban J connectivity index is 2.56. The van der Waals surface area contributed by atoms with Crippen molar-refractivity contribution in [3.63, 3.8) is 0 Å². The Labute approximate surface area is 85.4 Å². The van der Waals surface area contributed by atoms with Gasteiger partial charge in [0.1, 0.15) is 0 Å². The molecule has 0 aromatic heterocycles. The van der Waals surface area contributed by atoms with E-state index in [0.717, 1.165) is 0 Å². The first-order valence-electron chi connectivity index (χ1n) is 5.06. The van der Waals surface area contributed by atoms with Crippen LogP contribution in [0.25, 0.3) is 0 Å². The summed E-state index contributed by atoms with van der Waals surface area (Å²) in [6, 6.07) is 0.330. The highest BCUT2D eigenvalue weighted by molar-refractivity contribution is 5.69. The number of carboxylic acids is 1. The lowest BCUT2D eigenvalue weighted by atomic mass is 9.99. The van der Waals surface area contributed by atoms with E-state index in [2.05, 4.69) is 20.4 Å². The molecule has 3 nitrogen and oxygen atoms in total. The maximum atomic E-state index is 10.7. The van der Waals surface area contributed by atoms with Crippen molar-refractivity contribution in [3.8, 4) is 0 Å². The number of carboxylic acid groups (broad SMARTS) is 1. The van der Waals surface area contributed by atoms with Gasteiger partial charge in [-0.1, -0.05) is 13.0 Å². The molecule has 0 aliphatic heterocycles. The molecule has 1 aliphatic rings. The van der Waals surface area contributed by atoms with Gasteiger partial charge in [0.15, 0.2) is 0 Å². The van der Waals surface area contributed by atoms with Crippen molar-refractivity contribution in [1.29, 1.82) is 0 Å². The Morgan fingerprint density at radius 3 is 2.64 bits per heavy atom. The van der Waals surface area contributed by atoms with Crippen LogP contribution >= 0.6 is 0 Å². The van der Waals surface area contributed by atoms with Gasteiger partial charge in [0.25, 0.3) is 0 Å². The van der Waals surface area contributed by atoms with Crippen molar-refractivity contribution in [2.75, 3.05) is 13.1 Å². The number of hydrogen-bond acceptors (Lipinski definition) is 2. The minimum Gasteiger partial charge on any atom is -0.480 e. The average Bonchev–Trinajstić information content (AvgIpc) is 2.82. The zero-order chi connectivity index (χ0) is 10.8. The third kappa shape index (κ3) is 2.58. The molecule has 3 heteroatoms. The fourth-order valence-corrected chi connectivity index (χ4v) is 1.75. The molecule has 0 aromatic carbocycles. The molecule has 1 atom stereocenters. The third-order valence-electron chi connectivity index (χ3n) is 3.30. The first-order chi connectivity index (χ1) is 6.49. The summed E-state index contributed by atoms with van der Waals surface area (Å²) in [5, 5.41) is 8.77. The van der Waals surface area contributed by atoms with Crippen LogP contribution in [0.5, 0.6) is 0 Å². The van der Waals surface area contributed by atoms with Crippen molar-refractivity contribution >= 4 is 5.97 Å². The molecule has 0 saturated heterocycles. The summed E-state index contributed by atoms with van der Waals surface area (Å²) in [5.74, 6) is -0.761. The lowest BCUT2D eigenvalue weighted by Gasteiger charge is -2.31. The number of carbonyl (C=O) groups is 1. The van der Waals surface area contributed by atoms with Crippen LogP contribution in [0.15, 0.2) is 12.7 Å². The van der Waals surface area contributed by atoms with Crippen molar-refractivity contribution in [1.82, 2.24) is 4.90 Å². The van der Waals surface area contributed by atoms with Gasteiger partial charge in [0.05, 0.1) is 6.54 Å². The Kier molecular flexibility index (Phi) is 3.32. The second-order valence-corrected chi connectivity index (χ2v) is 4.44. The third-order valence-corrected chi connectivity index (χ3v) is 3.30. The summed E-state index contributed by atoms with van der Waals surface area (Å²) in [7, 11) is 0. The van der Waals surface area contributed by atoms with Crippen LogP contribution in [0.1, 0.15) is 26.7 Å². The number of nitrogens with zero attached hydrogens (tertiary/aromatic N) is 1. The van der Waals surface area contributed by atoms with Crippen LogP contribution in [-0.4, -0.2) is 35.1 Å². The highest BCUT2D eigenvalue weighted by Gasteiger charge is 2.44. The van der Waals surface area contributed by atoms with Crippen LogP contribution < -0.4 is 0 Å². The van der Waals surface area contributed by atoms with E-state index in [1.165, 1.54) is 12.8 Å². The summed E-state index contributed by atoms with van der Waals surface area (Å²) in [6.07, 6.45) is 4.19. The lowest BCUT2D eigenvalue weighted by Crippen LogP contribution is -2.41. The monoisotopic (exact) mass is 197 g/mol. The minimum atomic E-state index is -0.761. The fraction of sp³-hybridized carbons (Fsp3) is 0.727. The van der Waals surface area contributed by atoms with Crippen molar-refractivity contribution in [2.45, 2.75) is 32.7 Å². The average molecular weight is 197 g/mol. The fourth-order valence-electron chi connectivity index (χ4n) is 1.75.